The summed E-state index contributed by atoms with van der Waals surface area (Å²) in [6.07, 6.45) is 4.09. The first-order valence-electron chi connectivity index (χ1n) is 11.5. The van der Waals surface area contributed by atoms with E-state index in [0.29, 0.717) is 5.95 Å². The van der Waals surface area contributed by atoms with Crippen molar-refractivity contribution in [3.63, 3.8) is 0 Å². The number of rotatable bonds is 8. The number of carbonyl (C=O) groups is 1. The van der Waals surface area contributed by atoms with E-state index in [2.05, 4.69) is 42.3 Å². The monoisotopic (exact) mass is 545 g/mol. The van der Waals surface area contributed by atoms with Gasteiger partial charge in [0.25, 0.3) is 5.91 Å². The van der Waals surface area contributed by atoms with E-state index in [9.17, 15) is 4.79 Å². The van der Waals surface area contributed by atoms with Crippen LogP contribution in [-0.4, -0.2) is 34.5 Å². The Morgan fingerprint density at radius 3 is 2.86 bits per heavy atom. The summed E-state index contributed by atoms with van der Waals surface area (Å²) in [5.41, 5.74) is 4.16. The van der Waals surface area contributed by atoms with Gasteiger partial charge in [-0.2, -0.15) is 4.98 Å². The molecule has 1 N–H and O–H groups in total. The van der Waals surface area contributed by atoms with Gasteiger partial charge in [-0.1, -0.05) is 34.1 Å². The summed E-state index contributed by atoms with van der Waals surface area (Å²) >= 11 is 3.54. The fourth-order valence-corrected chi connectivity index (χ4v) is 4.42. The predicted molar refractivity (Wildman–Crippen MR) is 140 cm³/mol. The maximum Gasteiger partial charge on any atom is 0.258 e. The highest BCUT2D eigenvalue weighted by molar-refractivity contribution is 9.10. The molecule has 182 valence electrons. The molecule has 1 aliphatic heterocycles. The Morgan fingerprint density at radius 1 is 1.11 bits per heavy atom. The molecule has 0 atom stereocenters. The van der Waals surface area contributed by atoms with Gasteiger partial charge < -0.3 is 19.7 Å². The number of carbonyl (C=O) groups excluding carboxylic acids is 1. The number of anilines is 2. The summed E-state index contributed by atoms with van der Waals surface area (Å²) in [6.45, 7) is 1.25. The zero-order chi connectivity index (χ0) is 24.9. The molecule has 0 fully saturated rings. The van der Waals surface area contributed by atoms with Crippen molar-refractivity contribution in [2.24, 2.45) is 0 Å². The second kappa shape index (κ2) is 10.7. The molecule has 36 heavy (non-hydrogen) atoms. The number of halogens is 1. The third-order valence-electron chi connectivity index (χ3n) is 5.83. The number of ether oxygens (including phenoxy) is 2. The lowest BCUT2D eigenvalue weighted by Crippen LogP contribution is -2.25. The SMILES string of the molecule is COc1cccc(COc2nc(N3CCc4cc(Br)ccc43)ncc2C(=O)NCc2ccccn2)c1. The third-order valence-corrected chi connectivity index (χ3v) is 6.32. The number of benzene rings is 2. The maximum absolute atomic E-state index is 13.1. The van der Waals surface area contributed by atoms with Crippen LogP contribution in [0.2, 0.25) is 0 Å². The van der Waals surface area contributed by atoms with E-state index in [-0.39, 0.29) is 30.5 Å². The first-order valence-corrected chi connectivity index (χ1v) is 12.3. The van der Waals surface area contributed by atoms with Crippen molar-refractivity contribution in [3.05, 3.63) is 99.9 Å². The number of nitrogens with one attached hydrogen (secondary N) is 1. The molecule has 8 nitrogen and oxygen atoms in total. The second-order valence-electron chi connectivity index (χ2n) is 8.21. The van der Waals surface area contributed by atoms with Gasteiger partial charge in [-0.25, -0.2) is 4.98 Å². The van der Waals surface area contributed by atoms with Crippen molar-refractivity contribution in [3.8, 4) is 11.6 Å². The second-order valence-corrected chi connectivity index (χ2v) is 9.12. The number of amides is 1. The van der Waals surface area contributed by atoms with E-state index >= 15 is 0 Å². The molecule has 5 rings (SSSR count). The van der Waals surface area contributed by atoms with Crippen LogP contribution in [0.5, 0.6) is 11.6 Å². The smallest absolute Gasteiger partial charge is 0.258 e. The molecular formula is C27H24BrN5O3. The Kier molecular flexibility index (Phi) is 7.08. The van der Waals surface area contributed by atoms with Crippen molar-refractivity contribution in [1.29, 1.82) is 0 Å². The molecule has 2 aromatic carbocycles. The topological polar surface area (TPSA) is 89.5 Å². The summed E-state index contributed by atoms with van der Waals surface area (Å²) in [4.78, 5) is 28.6. The van der Waals surface area contributed by atoms with E-state index in [1.807, 2.05) is 59.5 Å². The van der Waals surface area contributed by atoms with Crippen molar-refractivity contribution in [2.75, 3.05) is 18.6 Å². The Balaban J connectivity index is 1.42. The van der Waals surface area contributed by atoms with Crippen LogP contribution in [0.3, 0.4) is 0 Å². The highest BCUT2D eigenvalue weighted by atomic mass is 79.9. The van der Waals surface area contributed by atoms with Crippen LogP contribution < -0.4 is 19.7 Å². The summed E-state index contributed by atoms with van der Waals surface area (Å²) in [5.74, 6) is 1.09. The van der Waals surface area contributed by atoms with E-state index in [0.717, 1.165) is 40.1 Å². The molecule has 0 unspecified atom stereocenters. The zero-order valence-corrected chi connectivity index (χ0v) is 21.2. The van der Waals surface area contributed by atoms with Gasteiger partial charge in [-0.05, 0) is 60.0 Å². The van der Waals surface area contributed by atoms with Crippen molar-refractivity contribution >= 4 is 33.5 Å². The van der Waals surface area contributed by atoms with Crippen LogP contribution >= 0.6 is 15.9 Å². The largest absolute Gasteiger partial charge is 0.497 e. The number of hydrogen-bond acceptors (Lipinski definition) is 7. The molecule has 1 aliphatic rings. The Hall–Kier alpha value is -3.98. The average molecular weight is 546 g/mol. The Bertz CT molecular complexity index is 1380. The lowest BCUT2D eigenvalue weighted by atomic mass is 10.2. The van der Waals surface area contributed by atoms with Gasteiger partial charge in [-0.3, -0.25) is 9.78 Å². The van der Waals surface area contributed by atoms with Crippen LogP contribution in [0.4, 0.5) is 11.6 Å². The van der Waals surface area contributed by atoms with Crippen LogP contribution in [-0.2, 0) is 19.6 Å². The number of pyridine rings is 1. The Labute approximate surface area is 217 Å². The first kappa shape index (κ1) is 23.7. The molecule has 2 aromatic heterocycles. The molecular weight excluding hydrogens is 522 g/mol. The molecule has 0 saturated heterocycles. The highest BCUT2D eigenvalue weighted by Crippen LogP contribution is 2.35. The minimum Gasteiger partial charge on any atom is -0.497 e. The van der Waals surface area contributed by atoms with Gasteiger partial charge in [0.1, 0.15) is 17.9 Å². The van der Waals surface area contributed by atoms with Crippen molar-refractivity contribution in [2.45, 2.75) is 19.6 Å². The minimum atomic E-state index is -0.335. The van der Waals surface area contributed by atoms with Crippen molar-refractivity contribution in [1.82, 2.24) is 20.3 Å². The third kappa shape index (κ3) is 5.31. The number of nitrogens with zero attached hydrogens (tertiary/aromatic N) is 4. The Morgan fingerprint density at radius 2 is 2.03 bits per heavy atom. The molecule has 0 spiro atoms. The van der Waals surface area contributed by atoms with Gasteiger partial charge >= 0.3 is 0 Å². The zero-order valence-electron chi connectivity index (χ0n) is 19.6. The van der Waals surface area contributed by atoms with Gasteiger partial charge in [0.2, 0.25) is 11.8 Å². The molecule has 4 aromatic rings. The van der Waals surface area contributed by atoms with E-state index in [1.165, 1.54) is 11.8 Å². The minimum absolute atomic E-state index is 0.215. The van der Waals surface area contributed by atoms with Crippen LogP contribution in [0.1, 0.15) is 27.2 Å². The van der Waals surface area contributed by atoms with E-state index in [4.69, 9.17) is 9.47 Å². The molecule has 9 heteroatoms. The molecule has 1 amide bonds. The average Bonchev–Trinajstić information content (AvgIpc) is 3.34. The van der Waals surface area contributed by atoms with E-state index < -0.39 is 0 Å². The molecule has 0 saturated carbocycles. The van der Waals surface area contributed by atoms with E-state index in [1.54, 1.807) is 13.3 Å². The van der Waals surface area contributed by atoms with Gasteiger partial charge in [0.05, 0.1) is 19.3 Å². The number of methoxy groups -OCH3 is 1. The molecule has 0 radical (unpaired) electrons. The molecule has 0 aliphatic carbocycles. The summed E-state index contributed by atoms with van der Waals surface area (Å²) in [6, 6.07) is 19.3. The lowest BCUT2D eigenvalue weighted by Gasteiger charge is -2.19. The standard InChI is InChI=1S/C27H24BrN5O3/c1-35-22-7-4-5-18(13-22)17-36-26-23(25(34)30-15-21-6-2-3-11-29-21)16-31-27(32-26)33-12-10-19-14-20(28)8-9-24(19)33/h2-9,11,13-14,16H,10,12,15,17H2,1H3,(H,30,34). The lowest BCUT2D eigenvalue weighted by molar-refractivity contribution is 0.0944. The highest BCUT2D eigenvalue weighted by Gasteiger charge is 2.25. The summed E-state index contributed by atoms with van der Waals surface area (Å²) in [7, 11) is 1.62. The number of aromatic nitrogens is 3. The summed E-state index contributed by atoms with van der Waals surface area (Å²) in [5, 5.41) is 2.88. The van der Waals surface area contributed by atoms with Gasteiger partial charge in [0, 0.05) is 29.1 Å². The fourth-order valence-electron chi connectivity index (χ4n) is 4.01. The van der Waals surface area contributed by atoms with Crippen LogP contribution in [0.25, 0.3) is 0 Å². The summed E-state index contributed by atoms with van der Waals surface area (Å²) < 4.78 is 12.4. The number of hydrogen-bond donors (Lipinski definition) is 1. The fraction of sp³-hybridized carbons (Fsp3) is 0.185. The first-order chi connectivity index (χ1) is 17.6. The molecule has 3 heterocycles. The van der Waals surface area contributed by atoms with Gasteiger partial charge in [-0.15, -0.1) is 0 Å². The quantitative estimate of drug-likeness (QED) is 0.338. The number of fused-ring (bicyclic) bond motifs is 1. The molecule has 0 bridgehead atoms. The van der Waals surface area contributed by atoms with Crippen molar-refractivity contribution < 1.29 is 14.3 Å². The predicted octanol–water partition coefficient (Wildman–Crippen LogP) is 4.85. The van der Waals surface area contributed by atoms with Crippen LogP contribution in [0.15, 0.2) is 77.5 Å². The normalized spacial score (nSPS) is 12.2. The van der Waals surface area contributed by atoms with Crippen LogP contribution in [0, 0.1) is 0 Å². The maximum atomic E-state index is 13.1. The van der Waals surface area contributed by atoms with Gasteiger partial charge in [0.15, 0.2) is 0 Å².